The molecule has 0 aliphatic carbocycles. The van der Waals surface area contributed by atoms with Gasteiger partial charge < -0.3 is 33.5 Å². The molecule has 282 valence electrons. The number of anilines is 2. The lowest BCUT2D eigenvalue weighted by Crippen LogP contribution is -2.49. The van der Waals surface area contributed by atoms with Gasteiger partial charge in [-0.2, -0.15) is 0 Å². The number of likely N-dealkylation sites (N-methyl/N-ethyl adjacent to an activating group) is 1. The molecule has 1 aromatic heterocycles. The summed E-state index contributed by atoms with van der Waals surface area (Å²) in [6, 6.07) is 22.2. The molecule has 2 aliphatic heterocycles. The van der Waals surface area contributed by atoms with Crippen molar-refractivity contribution >= 4 is 34.5 Å². The number of ether oxygens (including phenoxy) is 3. The maximum atomic E-state index is 13.9. The molecule has 3 aromatic carbocycles. The number of carbonyl (C=O) groups is 1. The van der Waals surface area contributed by atoms with Crippen molar-refractivity contribution in [2.45, 2.75) is 63.3 Å². The van der Waals surface area contributed by atoms with Crippen molar-refractivity contribution in [3.05, 3.63) is 95.6 Å². The van der Waals surface area contributed by atoms with Gasteiger partial charge in [-0.25, -0.2) is 4.98 Å². The summed E-state index contributed by atoms with van der Waals surface area (Å²) in [6.45, 7) is 12.6. The number of rotatable bonds is 16. The van der Waals surface area contributed by atoms with Crippen molar-refractivity contribution in [3.63, 3.8) is 0 Å². The average Bonchev–Trinajstić information content (AvgIpc) is 3.42. The fourth-order valence-corrected chi connectivity index (χ4v) is 7.94. The Morgan fingerprint density at radius 3 is 2.57 bits per heavy atom. The number of aryl methyl sites for hydroxylation is 2. The van der Waals surface area contributed by atoms with E-state index in [1.54, 1.807) is 6.33 Å². The van der Waals surface area contributed by atoms with Gasteiger partial charge in [-0.1, -0.05) is 31.5 Å². The van der Waals surface area contributed by atoms with Gasteiger partial charge in [-0.3, -0.25) is 9.69 Å². The monoisotopic (exact) mass is 739 g/mol. The predicted molar refractivity (Wildman–Crippen MR) is 213 cm³/mol. The van der Waals surface area contributed by atoms with E-state index < -0.39 is 11.2 Å². The van der Waals surface area contributed by atoms with Gasteiger partial charge in [0.05, 0.1) is 43.6 Å². The molecule has 0 spiro atoms. The number of morpholine rings is 1. The van der Waals surface area contributed by atoms with E-state index in [0.717, 1.165) is 85.2 Å². The van der Waals surface area contributed by atoms with E-state index in [-0.39, 0.29) is 11.9 Å². The minimum atomic E-state index is -1.24. The zero-order valence-electron chi connectivity index (χ0n) is 31.5. The van der Waals surface area contributed by atoms with Crippen LogP contribution in [0.5, 0.6) is 5.75 Å². The van der Waals surface area contributed by atoms with Crippen LogP contribution >= 0.6 is 0 Å². The molecule has 1 amide bonds. The molecule has 10 nitrogen and oxygen atoms in total. The van der Waals surface area contributed by atoms with Crippen molar-refractivity contribution in [1.29, 1.82) is 0 Å². The van der Waals surface area contributed by atoms with Crippen LogP contribution in [0.2, 0.25) is 0 Å². The first kappa shape index (κ1) is 38.6. The molecule has 3 heterocycles. The minimum Gasteiger partial charge on any atom is -0.611 e. The van der Waals surface area contributed by atoms with E-state index in [9.17, 15) is 9.35 Å². The van der Waals surface area contributed by atoms with Crippen molar-refractivity contribution < 1.29 is 23.6 Å². The summed E-state index contributed by atoms with van der Waals surface area (Å²) in [5, 5.41) is 3.11. The van der Waals surface area contributed by atoms with Crippen LogP contribution in [0.3, 0.4) is 0 Å². The molecule has 2 unspecified atom stereocenters. The highest BCUT2D eigenvalue weighted by atomic mass is 32.2. The quantitative estimate of drug-likeness (QED) is 0.0974. The molecule has 0 saturated carbocycles. The second-order valence-corrected chi connectivity index (χ2v) is 15.2. The molecular weight excluding hydrogens is 687 g/mol. The molecule has 53 heavy (non-hydrogen) atoms. The third-order valence-electron chi connectivity index (χ3n) is 10.1. The molecule has 6 rings (SSSR count). The zero-order chi connectivity index (χ0) is 37.2. The lowest BCUT2D eigenvalue weighted by atomic mass is 10.00. The van der Waals surface area contributed by atoms with E-state index in [2.05, 4.69) is 71.3 Å². The highest BCUT2D eigenvalue weighted by molar-refractivity contribution is 7.90. The molecule has 4 aromatic rings. The number of unbranched alkanes of at least 4 members (excludes halogenated alkanes) is 1. The number of nitrogens with zero attached hydrogens (tertiary/aromatic N) is 4. The van der Waals surface area contributed by atoms with Crippen molar-refractivity contribution in [1.82, 2.24) is 14.5 Å². The molecule has 0 radical (unpaired) electrons. The van der Waals surface area contributed by atoms with Crippen LogP contribution in [-0.2, 0) is 37.7 Å². The van der Waals surface area contributed by atoms with Crippen LogP contribution in [0.1, 0.15) is 50.1 Å². The lowest BCUT2D eigenvalue weighted by Gasteiger charge is -2.37. The third-order valence-corrected chi connectivity index (χ3v) is 11.4. The maximum absolute atomic E-state index is 13.9. The Morgan fingerprint density at radius 1 is 1.02 bits per heavy atom. The Hall–Kier alpha value is -4.13. The summed E-state index contributed by atoms with van der Waals surface area (Å²) in [4.78, 5) is 23.7. The zero-order valence-corrected chi connectivity index (χ0v) is 32.3. The molecular formula is C42H53N5O5S. The summed E-state index contributed by atoms with van der Waals surface area (Å²) in [5.41, 5.74) is 7.49. The van der Waals surface area contributed by atoms with Crippen LogP contribution in [0, 0.1) is 6.92 Å². The number of nitrogens with one attached hydrogen (secondary N) is 1. The summed E-state index contributed by atoms with van der Waals surface area (Å²) in [6.07, 6.45) is 6.60. The van der Waals surface area contributed by atoms with E-state index in [1.807, 2.05) is 54.0 Å². The lowest BCUT2D eigenvalue weighted by molar-refractivity contribution is -0.112. The van der Waals surface area contributed by atoms with Crippen LogP contribution in [0.4, 0.5) is 11.4 Å². The van der Waals surface area contributed by atoms with Gasteiger partial charge in [0.2, 0.25) is 0 Å². The number of fused-ring (bicyclic) bond motifs is 1. The first-order valence-corrected chi connectivity index (χ1v) is 20.1. The first-order chi connectivity index (χ1) is 25.8. The predicted octanol–water partition coefficient (Wildman–Crippen LogP) is 6.94. The fourth-order valence-electron chi connectivity index (χ4n) is 6.71. The second kappa shape index (κ2) is 18.8. The molecule has 1 fully saturated rings. The number of hydrogen-bond donors (Lipinski definition) is 1. The molecule has 2 atom stereocenters. The highest BCUT2D eigenvalue weighted by Crippen LogP contribution is 2.34. The van der Waals surface area contributed by atoms with Gasteiger partial charge in [0.15, 0.2) is 10.6 Å². The van der Waals surface area contributed by atoms with Gasteiger partial charge in [0.1, 0.15) is 12.4 Å². The van der Waals surface area contributed by atoms with E-state index in [0.29, 0.717) is 54.7 Å². The Kier molecular flexibility index (Phi) is 13.7. The second-order valence-electron chi connectivity index (χ2n) is 13.7. The molecule has 2 aliphatic rings. The Morgan fingerprint density at radius 2 is 1.81 bits per heavy atom. The summed E-state index contributed by atoms with van der Waals surface area (Å²) < 4.78 is 32.6. The van der Waals surface area contributed by atoms with Gasteiger partial charge in [0, 0.05) is 49.7 Å². The summed E-state index contributed by atoms with van der Waals surface area (Å²) in [7, 11) is 2.15. The Labute approximate surface area is 317 Å². The normalized spacial score (nSPS) is 16.8. The van der Waals surface area contributed by atoms with Crippen LogP contribution in [0.25, 0.3) is 17.2 Å². The third kappa shape index (κ3) is 10.1. The van der Waals surface area contributed by atoms with Crippen molar-refractivity contribution in [2.75, 3.05) is 69.9 Å². The highest BCUT2D eigenvalue weighted by Gasteiger charge is 2.26. The van der Waals surface area contributed by atoms with E-state index >= 15 is 0 Å². The molecule has 1 saturated heterocycles. The molecule has 1 N–H and O–H groups in total. The van der Waals surface area contributed by atoms with E-state index in [4.69, 9.17) is 14.2 Å². The molecule has 11 heteroatoms. The minimum absolute atomic E-state index is 0.141. The Bertz CT molecular complexity index is 1830. The van der Waals surface area contributed by atoms with Gasteiger partial charge >= 0.3 is 0 Å². The Balaban J connectivity index is 1.17. The molecule has 0 bridgehead atoms. The standard InChI is InChI=1S/C42H53N5O5S/c1-5-7-21-50-23-24-52-38-13-8-32(9-14-38)33-10-17-40-35(25-33)26-34(18-19-47(40)27-37-28-51-22-20-45(37)4)42(48)44-36-11-15-39(16-12-36)53(49)29-41-31(3)43-30-46(41)6-2/h8-17,25-26,30,37H,5-7,18-24,27-29H2,1-4H3,(H,44,48). The number of imidazole rings is 1. The van der Waals surface area contributed by atoms with Crippen LogP contribution < -0.4 is 15.0 Å². The van der Waals surface area contributed by atoms with Gasteiger partial charge in [-0.05, 0) is 116 Å². The number of benzene rings is 3. The van der Waals surface area contributed by atoms with Crippen LogP contribution in [0.15, 0.2) is 83.5 Å². The van der Waals surface area contributed by atoms with Crippen LogP contribution in [-0.4, -0.2) is 90.7 Å². The number of amides is 1. The van der Waals surface area contributed by atoms with Crippen molar-refractivity contribution in [2.24, 2.45) is 0 Å². The van der Waals surface area contributed by atoms with E-state index in [1.165, 1.54) is 0 Å². The smallest absolute Gasteiger partial charge is 0.251 e. The van der Waals surface area contributed by atoms with Crippen molar-refractivity contribution in [3.8, 4) is 16.9 Å². The maximum Gasteiger partial charge on any atom is 0.251 e. The number of aromatic nitrogens is 2. The van der Waals surface area contributed by atoms with Gasteiger partial charge in [0.25, 0.3) is 5.91 Å². The summed E-state index contributed by atoms with van der Waals surface area (Å²) in [5.74, 6) is 1.06. The topological polar surface area (TPSA) is 104 Å². The first-order valence-electron chi connectivity index (χ1n) is 18.8. The average molecular weight is 740 g/mol. The SMILES string of the molecule is CCCCOCCOc1ccc(-c2ccc3c(c2)C=C(C(=O)Nc2ccc([S+]([O-])Cc4c(C)ncn4CC)cc2)CCN3CC2COCCN2C)cc1. The summed E-state index contributed by atoms with van der Waals surface area (Å²) >= 11 is -1.24. The fraction of sp³-hybridized carbons (Fsp3) is 0.429. The number of carbonyl (C=O) groups excluding carboxylic acids is 1. The number of hydrogen-bond acceptors (Lipinski definition) is 8. The van der Waals surface area contributed by atoms with Gasteiger partial charge in [-0.15, -0.1) is 0 Å². The largest absolute Gasteiger partial charge is 0.611 e.